The van der Waals surface area contributed by atoms with Gasteiger partial charge in [0.1, 0.15) is 6.61 Å². The first-order valence-electron chi connectivity index (χ1n) is 11.4. The molecule has 4 atom stereocenters. The number of hydrogen-bond donors (Lipinski definition) is 2. The molecule has 0 saturated carbocycles. The number of rotatable bonds is 12. The quantitative estimate of drug-likeness (QED) is 0.456. The standard InChI is InChI=1S/C25H40N2O6/c1-8-17(4)20(23(29)32-15-18-12-10-9-11-13-18)33-24(30)21(25(5,6)31)27(7)22(28)19(26)14-16(2)3/h9-13,16-17,19-21,31H,8,14-15,26H2,1-7H3/t17-,19+,20-,21-/m1/s1. The molecule has 0 aromatic heterocycles. The summed E-state index contributed by atoms with van der Waals surface area (Å²) < 4.78 is 11.0. The van der Waals surface area contributed by atoms with E-state index >= 15 is 0 Å². The summed E-state index contributed by atoms with van der Waals surface area (Å²) in [6.45, 7) is 10.4. The van der Waals surface area contributed by atoms with Crippen LogP contribution in [0.3, 0.4) is 0 Å². The van der Waals surface area contributed by atoms with E-state index in [0.717, 1.165) is 10.5 Å². The topological polar surface area (TPSA) is 119 Å². The van der Waals surface area contributed by atoms with Crippen molar-refractivity contribution in [3.63, 3.8) is 0 Å². The lowest BCUT2D eigenvalue weighted by Crippen LogP contribution is -2.59. The largest absolute Gasteiger partial charge is 0.458 e. The normalized spacial score (nSPS) is 15.3. The summed E-state index contributed by atoms with van der Waals surface area (Å²) in [7, 11) is 1.40. The van der Waals surface area contributed by atoms with E-state index < -0.39 is 41.6 Å². The molecule has 0 radical (unpaired) electrons. The van der Waals surface area contributed by atoms with Gasteiger partial charge in [-0.2, -0.15) is 0 Å². The highest BCUT2D eigenvalue weighted by atomic mass is 16.6. The molecule has 1 amide bonds. The monoisotopic (exact) mass is 464 g/mol. The van der Waals surface area contributed by atoms with Crippen molar-refractivity contribution in [1.29, 1.82) is 0 Å². The van der Waals surface area contributed by atoms with Crippen molar-refractivity contribution in [2.45, 2.75) is 84.8 Å². The van der Waals surface area contributed by atoms with Gasteiger partial charge in [-0.25, -0.2) is 9.59 Å². The second kappa shape index (κ2) is 12.7. The van der Waals surface area contributed by atoms with Gasteiger partial charge in [0.05, 0.1) is 11.6 Å². The summed E-state index contributed by atoms with van der Waals surface area (Å²) in [6, 6.07) is 6.99. The number of carbonyl (C=O) groups is 3. The Hall–Kier alpha value is -2.45. The average molecular weight is 465 g/mol. The van der Waals surface area contributed by atoms with Crippen LogP contribution in [0.15, 0.2) is 30.3 Å². The van der Waals surface area contributed by atoms with Crippen LogP contribution in [0, 0.1) is 11.8 Å². The Morgan fingerprint density at radius 1 is 1.09 bits per heavy atom. The van der Waals surface area contributed by atoms with E-state index in [1.807, 2.05) is 51.1 Å². The van der Waals surface area contributed by atoms with Gasteiger partial charge >= 0.3 is 11.9 Å². The third kappa shape index (κ3) is 8.78. The molecule has 0 unspecified atom stereocenters. The highest BCUT2D eigenvalue weighted by Crippen LogP contribution is 2.22. The van der Waals surface area contributed by atoms with E-state index in [0.29, 0.717) is 12.8 Å². The zero-order valence-electron chi connectivity index (χ0n) is 20.9. The summed E-state index contributed by atoms with van der Waals surface area (Å²) in [6.07, 6.45) is -0.193. The van der Waals surface area contributed by atoms with Gasteiger partial charge in [-0.15, -0.1) is 0 Å². The predicted octanol–water partition coefficient (Wildman–Crippen LogP) is 2.66. The maximum atomic E-state index is 13.2. The molecule has 8 nitrogen and oxygen atoms in total. The molecule has 0 aliphatic rings. The van der Waals surface area contributed by atoms with Crippen molar-refractivity contribution in [3.8, 4) is 0 Å². The first kappa shape index (κ1) is 28.6. The molecule has 1 aromatic carbocycles. The van der Waals surface area contributed by atoms with Gasteiger partial charge in [-0.3, -0.25) is 4.79 Å². The summed E-state index contributed by atoms with van der Waals surface area (Å²) in [5.74, 6) is -2.21. The van der Waals surface area contributed by atoms with Gasteiger partial charge in [0.15, 0.2) is 6.04 Å². The van der Waals surface area contributed by atoms with Crippen molar-refractivity contribution in [1.82, 2.24) is 4.90 Å². The maximum Gasteiger partial charge on any atom is 0.348 e. The van der Waals surface area contributed by atoms with Gasteiger partial charge in [0.25, 0.3) is 0 Å². The van der Waals surface area contributed by atoms with Crippen LogP contribution in [0.1, 0.15) is 59.9 Å². The Kier molecular flexibility index (Phi) is 11.0. The van der Waals surface area contributed by atoms with Crippen LogP contribution >= 0.6 is 0 Å². The van der Waals surface area contributed by atoms with Gasteiger partial charge in [-0.1, -0.05) is 58.0 Å². The Bertz CT molecular complexity index is 775. The number of esters is 2. The van der Waals surface area contributed by atoms with E-state index in [4.69, 9.17) is 15.2 Å². The fourth-order valence-electron chi connectivity index (χ4n) is 3.53. The predicted molar refractivity (Wildman–Crippen MR) is 126 cm³/mol. The number of nitrogens with two attached hydrogens (primary N) is 1. The van der Waals surface area contributed by atoms with Crippen LogP contribution < -0.4 is 5.73 Å². The molecular formula is C25H40N2O6. The van der Waals surface area contributed by atoms with E-state index in [-0.39, 0.29) is 18.4 Å². The Morgan fingerprint density at radius 3 is 2.15 bits per heavy atom. The minimum absolute atomic E-state index is 0.0432. The lowest BCUT2D eigenvalue weighted by molar-refractivity contribution is -0.182. The van der Waals surface area contributed by atoms with Crippen molar-refractivity contribution >= 4 is 17.8 Å². The molecule has 1 aromatic rings. The van der Waals surface area contributed by atoms with Crippen molar-refractivity contribution in [2.75, 3.05) is 7.05 Å². The van der Waals surface area contributed by atoms with Crippen LogP contribution in [-0.2, 0) is 30.5 Å². The van der Waals surface area contributed by atoms with Gasteiger partial charge in [0, 0.05) is 13.0 Å². The number of ether oxygens (including phenoxy) is 2. The first-order chi connectivity index (χ1) is 15.3. The van der Waals surface area contributed by atoms with Gasteiger partial charge < -0.3 is 25.2 Å². The average Bonchev–Trinajstić information content (AvgIpc) is 2.73. The van der Waals surface area contributed by atoms with Gasteiger partial charge in [-0.05, 0) is 38.2 Å². The fraction of sp³-hybridized carbons (Fsp3) is 0.640. The van der Waals surface area contributed by atoms with E-state index in [1.165, 1.54) is 20.9 Å². The second-order valence-electron chi connectivity index (χ2n) is 9.58. The number of hydrogen-bond acceptors (Lipinski definition) is 7. The summed E-state index contributed by atoms with van der Waals surface area (Å²) >= 11 is 0. The molecule has 0 bridgehead atoms. The highest BCUT2D eigenvalue weighted by Gasteiger charge is 2.43. The summed E-state index contributed by atoms with van der Waals surface area (Å²) in [5, 5.41) is 10.7. The Morgan fingerprint density at radius 2 is 1.67 bits per heavy atom. The molecule has 0 heterocycles. The van der Waals surface area contributed by atoms with E-state index in [2.05, 4.69) is 0 Å². The molecular weight excluding hydrogens is 424 g/mol. The molecule has 0 saturated heterocycles. The zero-order chi connectivity index (χ0) is 25.3. The molecule has 0 spiro atoms. The van der Waals surface area contributed by atoms with Gasteiger partial charge in [0.2, 0.25) is 12.0 Å². The number of benzene rings is 1. The fourth-order valence-corrected chi connectivity index (χ4v) is 3.53. The van der Waals surface area contributed by atoms with Crippen LogP contribution in [0.2, 0.25) is 0 Å². The molecule has 3 N–H and O–H groups in total. The van der Waals surface area contributed by atoms with Crippen molar-refractivity contribution in [3.05, 3.63) is 35.9 Å². The molecule has 8 heteroatoms. The Balaban J connectivity index is 3.03. The number of likely N-dealkylation sites (N-methyl/N-ethyl adjacent to an activating group) is 1. The van der Waals surface area contributed by atoms with E-state index in [9.17, 15) is 19.5 Å². The number of carbonyl (C=O) groups excluding carboxylic acids is 3. The minimum atomic E-state index is -1.63. The molecule has 1 rings (SSSR count). The third-order valence-electron chi connectivity index (χ3n) is 5.53. The third-order valence-corrected chi connectivity index (χ3v) is 5.53. The number of nitrogens with zero attached hydrogens (tertiary/aromatic N) is 1. The maximum absolute atomic E-state index is 13.2. The Labute approximate surface area is 197 Å². The van der Waals surface area contributed by atoms with Crippen LogP contribution in [0.5, 0.6) is 0 Å². The van der Waals surface area contributed by atoms with E-state index in [1.54, 1.807) is 6.92 Å². The lowest BCUT2D eigenvalue weighted by Gasteiger charge is -2.37. The molecule has 0 aliphatic carbocycles. The SMILES string of the molecule is CC[C@@H](C)[C@@H](OC(=O)[C@@H](N(C)C(=O)[C@@H](N)CC(C)C)C(C)(C)O)C(=O)OCc1ccccc1. The lowest BCUT2D eigenvalue weighted by atomic mass is 9.95. The minimum Gasteiger partial charge on any atom is -0.458 e. The second-order valence-corrected chi connectivity index (χ2v) is 9.58. The smallest absolute Gasteiger partial charge is 0.348 e. The first-order valence-corrected chi connectivity index (χ1v) is 11.4. The number of aliphatic hydroxyl groups is 1. The van der Waals surface area contributed by atoms with Crippen LogP contribution in [-0.4, -0.2) is 58.7 Å². The van der Waals surface area contributed by atoms with Crippen molar-refractivity contribution in [2.24, 2.45) is 17.6 Å². The molecule has 186 valence electrons. The number of amides is 1. The van der Waals surface area contributed by atoms with Crippen LogP contribution in [0.25, 0.3) is 0 Å². The van der Waals surface area contributed by atoms with Crippen molar-refractivity contribution < 1.29 is 29.0 Å². The summed E-state index contributed by atoms with van der Waals surface area (Å²) in [4.78, 5) is 39.9. The summed E-state index contributed by atoms with van der Waals surface area (Å²) in [5.41, 5.74) is 5.19. The molecule has 33 heavy (non-hydrogen) atoms. The van der Waals surface area contributed by atoms with Crippen LogP contribution in [0.4, 0.5) is 0 Å². The molecule has 0 aliphatic heterocycles. The zero-order valence-corrected chi connectivity index (χ0v) is 20.9. The highest BCUT2D eigenvalue weighted by molar-refractivity contribution is 5.89. The molecule has 0 fully saturated rings.